The van der Waals surface area contributed by atoms with Crippen LogP contribution in [-0.2, 0) is 11.3 Å². The first-order valence-corrected chi connectivity index (χ1v) is 9.90. The first kappa shape index (κ1) is 22.5. The lowest BCUT2D eigenvalue weighted by Crippen LogP contribution is -2.41. The molecule has 3 rings (SSSR count). The highest BCUT2D eigenvalue weighted by Gasteiger charge is 2.31. The van der Waals surface area contributed by atoms with Gasteiger partial charge in [-0.2, -0.15) is 0 Å². The van der Waals surface area contributed by atoms with Crippen LogP contribution in [0.5, 0.6) is 5.75 Å². The quantitative estimate of drug-likeness (QED) is 0.731. The van der Waals surface area contributed by atoms with Crippen molar-refractivity contribution in [1.82, 2.24) is 10.2 Å². The summed E-state index contributed by atoms with van der Waals surface area (Å²) in [6.07, 6.45) is -3.68. The highest BCUT2D eigenvalue weighted by atomic mass is 19.4. The second kappa shape index (κ2) is 10.2. The minimum Gasteiger partial charge on any atom is -0.445 e. The molecule has 2 aromatic carbocycles. The van der Waals surface area contributed by atoms with E-state index in [1.807, 2.05) is 30.3 Å². The van der Waals surface area contributed by atoms with Crippen molar-refractivity contribution in [2.45, 2.75) is 25.8 Å². The highest BCUT2D eigenvalue weighted by molar-refractivity contribution is 5.94. The fourth-order valence-corrected chi connectivity index (χ4v) is 3.28. The number of amides is 2. The van der Waals surface area contributed by atoms with E-state index < -0.39 is 6.36 Å². The molecule has 0 bridgehead atoms. The lowest BCUT2D eigenvalue weighted by molar-refractivity contribution is -0.274. The summed E-state index contributed by atoms with van der Waals surface area (Å²) in [5.74, 6) is -0.547. The van der Waals surface area contributed by atoms with Gasteiger partial charge in [0.2, 0.25) is 0 Å². The van der Waals surface area contributed by atoms with E-state index in [2.05, 4.69) is 10.1 Å². The van der Waals surface area contributed by atoms with E-state index in [0.717, 1.165) is 30.5 Å². The van der Waals surface area contributed by atoms with Crippen molar-refractivity contribution in [2.24, 2.45) is 5.92 Å². The molecule has 0 atom stereocenters. The van der Waals surface area contributed by atoms with Crippen LogP contribution < -0.4 is 10.1 Å². The van der Waals surface area contributed by atoms with E-state index in [4.69, 9.17) is 4.74 Å². The molecule has 0 unspecified atom stereocenters. The molecular weight excluding hydrogens is 413 g/mol. The number of alkyl halides is 3. The van der Waals surface area contributed by atoms with Gasteiger partial charge in [0.15, 0.2) is 0 Å². The van der Waals surface area contributed by atoms with Crippen LogP contribution >= 0.6 is 0 Å². The molecule has 2 aromatic rings. The van der Waals surface area contributed by atoms with Gasteiger partial charge >= 0.3 is 12.5 Å². The monoisotopic (exact) mass is 436 g/mol. The minimum atomic E-state index is -4.77. The van der Waals surface area contributed by atoms with Crippen molar-refractivity contribution in [1.29, 1.82) is 0 Å². The molecule has 9 heteroatoms. The Bertz CT molecular complexity index is 865. The molecule has 166 valence electrons. The molecule has 1 N–H and O–H groups in total. The van der Waals surface area contributed by atoms with Crippen molar-refractivity contribution in [3.63, 3.8) is 0 Å². The molecule has 0 aromatic heterocycles. The molecule has 1 aliphatic rings. The van der Waals surface area contributed by atoms with Crippen LogP contribution in [0.2, 0.25) is 0 Å². The van der Waals surface area contributed by atoms with Crippen molar-refractivity contribution >= 4 is 12.0 Å². The summed E-state index contributed by atoms with van der Waals surface area (Å²) in [5.41, 5.74) is 1.17. The molecule has 1 aliphatic heterocycles. The fourth-order valence-electron chi connectivity index (χ4n) is 3.28. The number of halogens is 3. The zero-order valence-corrected chi connectivity index (χ0v) is 16.7. The van der Waals surface area contributed by atoms with Gasteiger partial charge in [0.05, 0.1) is 0 Å². The third-order valence-corrected chi connectivity index (χ3v) is 4.98. The topological polar surface area (TPSA) is 67.9 Å². The van der Waals surface area contributed by atoms with Gasteiger partial charge in [-0.25, -0.2) is 4.79 Å². The Balaban J connectivity index is 1.37. The minimum absolute atomic E-state index is 0.204. The van der Waals surface area contributed by atoms with Gasteiger partial charge in [-0.15, -0.1) is 13.2 Å². The third kappa shape index (κ3) is 7.20. The number of ether oxygens (including phenoxy) is 2. The van der Waals surface area contributed by atoms with Gasteiger partial charge in [0.1, 0.15) is 12.4 Å². The van der Waals surface area contributed by atoms with Gasteiger partial charge < -0.3 is 19.7 Å². The van der Waals surface area contributed by atoms with Gasteiger partial charge in [-0.05, 0) is 48.6 Å². The number of carbonyl (C=O) groups is 2. The number of hydrogen-bond donors (Lipinski definition) is 1. The molecule has 0 spiro atoms. The third-order valence-electron chi connectivity index (χ3n) is 4.98. The highest BCUT2D eigenvalue weighted by Crippen LogP contribution is 2.23. The summed E-state index contributed by atoms with van der Waals surface area (Å²) < 4.78 is 45.7. The molecule has 0 saturated carbocycles. The van der Waals surface area contributed by atoms with Crippen LogP contribution in [0.15, 0.2) is 54.6 Å². The first-order valence-electron chi connectivity index (χ1n) is 9.90. The molecular formula is C22H23F3N2O4. The number of nitrogens with one attached hydrogen (secondary N) is 1. The van der Waals surface area contributed by atoms with E-state index in [-0.39, 0.29) is 35.8 Å². The van der Waals surface area contributed by atoms with Crippen LogP contribution in [0.25, 0.3) is 0 Å². The predicted octanol–water partition coefficient (Wildman–Crippen LogP) is 4.36. The van der Waals surface area contributed by atoms with Gasteiger partial charge in [-0.1, -0.05) is 30.3 Å². The van der Waals surface area contributed by atoms with E-state index in [9.17, 15) is 22.8 Å². The Morgan fingerprint density at radius 3 is 2.26 bits per heavy atom. The second-order valence-electron chi connectivity index (χ2n) is 7.25. The maximum atomic E-state index is 12.2. The lowest BCUT2D eigenvalue weighted by Gasteiger charge is -2.31. The number of hydrogen-bond acceptors (Lipinski definition) is 4. The Labute approximate surface area is 177 Å². The molecule has 1 fully saturated rings. The van der Waals surface area contributed by atoms with Crippen molar-refractivity contribution < 1.29 is 32.2 Å². The summed E-state index contributed by atoms with van der Waals surface area (Å²) in [6.45, 7) is 1.73. The molecule has 6 nitrogen and oxygen atoms in total. The van der Waals surface area contributed by atoms with Crippen molar-refractivity contribution in [3.05, 3.63) is 65.7 Å². The standard InChI is InChI=1S/C22H23F3N2O4/c23-22(24,25)31-19-8-6-18(7-9-19)20(28)26-14-16-10-12-27(13-11-16)21(29)30-15-17-4-2-1-3-5-17/h1-9,16H,10-15H2,(H,26,28). The number of likely N-dealkylation sites (tertiary alicyclic amines) is 1. The van der Waals surface area contributed by atoms with E-state index in [1.54, 1.807) is 4.90 Å². The van der Waals surface area contributed by atoms with Gasteiger partial charge in [0, 0.05) is 25.2 Å². The van der Waals surface area contributed by atoms with Crippen molar-refractivity contribution in [2.75, 3.05) is 19.6 Å². The van der Waals surface area contributed by atoms with Crippen LogP contribution in [0.3, 0.4) is 0 Å². The number of carbonyl (C=O) groups excluding carboxylic acids is 2. The van der Waals surface area contributed by atoms with Gasteiger partial charge in [0.25, 0.3) is 5.91 Å². The van der Waals surface area contributed by atoms with E-state index in [0.29, 0.717) is 19.6 Å². The largest absolute Gasteiger partial charge is 0.573 e. The van der Waals surface area contributed by atoms with E-state index in [1.165, 1.54) is 12.1 Å². The van der Waals surface area contributed by atoms with Crippen molar-refractivity contribution in [3.8, 4) is 5.75 Å². The number of piperidine rings is 1. The lowest BCUT2D eigenvalue weighted by atomic mass is 9.97. The normalized spacial score (nSPS) is 14.7. The number of rotatable bonds is 6. The molecule has 1 heterocycles. The molecule has 0 aliphatic carbocycles. The summed E-state index contributed by atoms with van der Waals surface area (Å²) in [6, 6.07) is 14.2. The molecule has 2 amide bonds. The van der Waals surface area contributed by atoms with Crippen LogP contribution in [0, 0.1) is 5.92 Å². The van der Waals surface area contributed by atoms with Gasteiger partial charge in [-0.3, -0.25) is 4.79 Å². The fraction of sp³-hybridized carbons (Fsp3) is 0.364. The Hall–Kier alpha value is -3.23. The summed E-state index contributed by atoms with van der Waals surface area (Å²) in [7, 11) is 0. The maximum Gasteiger partial charge on any atom is 0.573 e. The van der Waals surface area contributed by atoms with E-state index >= 15 is 0 Å². The second-order valence-corrected chi connectivity index (χ2v) is 7.25. The summed E-state index contributed by atoms with van der Waals surface area (Å²) in [4.78, 5) is 26.1. The zero-order valence-electron chi connectivity index (χ0n) is 16.7. The Kier molecular flexibility index (Phi) is 7.38. The van der Waals surface area contributed by atoms with Crippen LogP contribution in [-0.4, -0.2) is 42.9 Å². The number of nitrogens with zero attached hydrogens (tertiary/aromatic N) is 1. The molecule has 1 saturated heterocycles. The summed E-state index contributed by atoms with van der Waals surface area (Å²) >= 11 is 0. The molecule has 0 radical (unpaired) electrons. The predicted molar refractivity (Wildman–Crippen MR) is 106 cm³/mol. The first-order chi connectivity index (χ1) is 14.8. The maximum absolute atomic E-state index is 12.2. The number of benzene rings is 2. The average molecular weight is 436 g/mol. The zero-order chi connectivity index (χ0) is 22.3. The Morgan fingerprint density at radius 1 is 1.00 bits per heavy atom. The Morgan fingerprint density at radius 2 is 1.65 bits per heavy atom. The molecule has 31 heavy (non-hydrogen) atoms. The SMILES string of the molecule is O=C(NCC1CCN(C(=O)OCc2ccccc2)CC1)c1ccc(OC(F)(F)F)cc1. The summed E-state index contributed by atoms with van der Waals surface area (Å²) in [5, 5.41) is 2.79. The van der Waals surface area contributed by atoms with Crippen LogP contribution in [0.4, 0.5) is 18.0 Å². The smallest absolute Gasteiger partial charge is 0.445 e. The average Bonchev–Trinajstić information content (AvgIpc) is 2.76. The van der Waals surface area contributed by atoms with Crippen LogP contribution in [0.1, 0.15) is 28.8 Å².